The fraction of sp³-hybridized carbons (Fsp3) is 0.417. The lowest BCUT2D eigenvalue weighted by atomic mass is 9.97. The number of carbonyl (C=O) groups excluding carboxylic acids is 1. The van der Waals surface area contributed by atoms with Crippen LogP contribution in [0.5, 0.6) is 0 Å². The molecule has 2 aliphatic rings. The topological polar surface area (TPSA) is 93.5 Å². The first kappa shape index (κ1) is 22.3. The molecular weight excluding hydrogens is 424 g/mol. The number of nitrogens with one attached hydrogen (secondary N) is 1. The van der Waals surface area contributed by atoms with E-state index in [2.05, 4.69) is 10.2 Å². The summed E-state index contributed by atoms with van der Waals surface area (Å²) in [5.41, 5.74) is 2.08. The number of amides is 1. The monoisotopic (exact) mass is 452 g/mol. The Kier molecular flexibility index (Phi) is 6.77. The zero-order valence-corrected chi connectivity index (χ0v) is 18.9. The average Bonchev–Trinajstić information content (AvgIpc) is 2.85. The molecule has 0 unspecified atom stereocenters. The van der Waals surface area contributed by atoms with Crippen LogP contribution < -0.4 is 10.2 Å². The molecule has 0 spiro atoms. The minimum Gasteiger partial charge on any atom is -0.372 e. The van der Waals surface area contributed by atoms with Crippen LogP contribution in [0.25, 0.3) is 0 Å². The van der Waals surface area contributed by atoms with Gasteiger partial charge in [0.1, 0.15) is 6.07 Å². The highest BCUT2D eigenvalue weighted by atomic mass is 32.2. The summed E-state index contributed by atoms with van der Waals surface area (Å²) < 4.78 is 27.3. The van der Waals surface area contributed by atoms with E-state index in [0.29, 0.717) is 12.8 Å². The summed E-state index contributed by atoms with van der Waals surface area (Å²) >= 11 is 0. The molecule has 0 bridgehead atoms. The molecule has 2 aromatic rings. The minimum atomic E-state index is -3.75. The predicted octanol–water partition coefficient (Wildman–Crippen LogP) is 3.59. The van der Waals surface area contributed by atoms with Gasteiger partial charge in [-0.1, -0.05) is 12.1 Å². The van der Waals surface area contributed by atoms with Crippen LogP contribution in [-0.4, -0.2) is 44.8 Å². The van der Waals surface area contributed by atoms with Gasteiger partial charge in [-0.25, -0.2) is 8.42 Å². The van der Waals surface area contributed by atoms with Crippen LogP contribution in [0, 0.1) is 17.2 Å². The molecule has 32 heavy (non-hydrogen) atoms. The third-order valence-electron chi connectivity index (χ3n) is 6.31. The molecule has 2 saturated heterocycles. The highest BCUT2D eigenvalue weighted by Gasteiger charge is 2.33. The van der Waals surface area contributed by atoms with Gasteiger partial charge in [0.2, 0.25) is 15.9 Å². The molecule has 8 heteroatoms. The van der Waals surface area contributed by atoms with Crippen molar-refractivity contribution in [1.29, 1.82) is 5.26 Å². The Bertz CT molecular complexity index is 1090. The lowest BCUT2D eigenvalue weighted by Crippen LogP contribution is -2.41. The predicted molar refractivity (Wildman–Crippen MR) is 124 cm³/mol. The second-order valence-corrected chi connectivity index (χ2v) is 10.3. The molecule has 0 aliphatic carbocycles. The third-order valence-corrected chi connectivity index (χ3v) is 8.26. The molecule has 0 radical (unpaired) electrons. The van der Waals surface area contributed by atoms with Crippen molar-refractivity contribution >= 4 is 27.3 Å². The summed E-state index contributed by atoms with van der Waals surface area (Å²) in [5.74, 6) is -0.320. The van der Waals surface area contributed by atoms with Gasteiger partial charge in [-0.2, -0.15) is 9.57 Å². The molecule has 0 aromatic heterocycles. The van der Waals surface area contributed by atoms with Crippen molar-refractivity contribution in [2.24, 2.45) is 5.92 Å². The Morgan fingerprint density at radius 2 is 1.59 bits per heavy atom. The molecule has 7 nitrogen and oxygen atoms in total. The van der Waals surface area contributed by atoms with E-state index < -0.39 is 10.0 Å². The first-order valence-electron chi connectivity index (χ1n) is 11.1. The van der Waals surface area contributed by atoms with Gasteiger partial charge in [-0.3, -0.25) is 4.79 Å². The van der Waals surface area contributed by atoms with Crippen molar-refractivity contribution in [3.63, 3.8) is 0 Å². The Balaban J connectivity index is 1.34. The van der Waals surface area contributed by atoms with Gasteiger partial charge >= 0.3 is 0 Å². The van der Waals surface area contributed by atoms with Crippen molar-refractivity contribution in [2.75, 3.05) is 36.4 Å². The van der Waals surface area contributed by atoms with E-state index in [1.54, 1.807) is 12.1 Å². The normalized spacial score (nSPS) is 18.2. The van der Waals surface area contributed by atoms with Crippen LogP contribution in [0.3, 0.4) is 0 Å². The molecule has 2 heterocycles. The molecule has 168 valence electrons. The number of nitrogens with zero attached hydrogens (tertiary/aromatic N) is 3. The highest BCUT2D eigenvalue weighted by molar-refractivity contribution is 7.89. The van der Waals surface area contributed by atoms with Crippen LogP contribution in [-0.2, 0) is 14.8 Å². The lowest BCUT2D eigenvalue weighted by Gasteiger charge is -2.31. The Hall–Kier alpha value is -2.89. The van der Waals surface area contributed by atoms with Crippen molar-refractivity contribution in [1.82, 2.24) is 4.31 Å². The van der Waals surface area contributed by atoms with Gasteiger partial charge in [-0.15, -0.1) is 0 Å². The number of carbonyl (C=O) groups is 1. The lowest BCUT2D eigenvalue weighted by molar-refractivity contribution is -0.120. The molecule has 0 saturated carbocycles. The van der Waals surface area contributed by atoms with Gasteiger partial charge in [0.05, 0.1) is 10.5 Å². The smallest absolute Gasteiger partial charge is 0.244 e. The Labute approximate surface area is 189 Å². The Morgan fingerprint density at radius 3 is 2.25 bits per heavy atom. The number of hydrogen-bond donors (Lipinski definition) is 1. The van der Waals surface area contributed by atoms with E-state index in [0.717, 1.165) is 18.8 Å². The maximum absolute atomic E-state index is 13.0. The van der Waals surface area contributed by atoms with E-state index in [1.165, 1.54) is 41.4 Å². The fourth-order valence-corrected chi connectivity index (χ4v) is 6.05. The van der Waals surface area contributed by atoms with Gasteiger partial charge in [0, 0.05) is 43.5 Å². The first-order valence-corrected chi connectivity index (χ1v) is 12.6. The van der Waals surface area contributed by atoms with Crippen molar-refractivity contribution in [2.45, 2.75) is 37.0 Å². The molecule has 0 atom stereocenters. The van der Waals surface area contributed by atoms with Crippen LogP contribution in [0.4, 0.5) is 11.4 Å². The Morgan fingerprint density at radius 1 is 0.938 bits per heavy atom. The molecule has 2 aliphatic heterocycles. The fourth-order valence-electron chi connectivity index (χ4n) is 4.43. The summed E-state index contributed by atoms with van der Waals surface area (Å²) in [7, 11) is -3.75. The number of anilines is 2. The van der Waals surface area contributed by atoms with Gasteiger partial charge in [-0.05, 0) is 68.5 Å². The largest absolute Gasteiger partial charge is 0.372 e. The van der Waals surface area contributed by atoms with Crippen molar-refractivity contribution in [3.05, 3.63) is 54.1 Å². The van der Waals surface area contributed by atoms with Crippen LogP contribution in [0.15, 0.2) is 53.4 Å². The maximum Gasteiger partial charge on any atom is 0.244 e. The number of hydrogen-bond acceptors (Lipinski definition) is 5. The quantitative estimate of drug-likeness (QED) is 0.748. The first-order chi connectivity index (χ1) is 15.5. The number of rotatable bonds is 5. The van der Waals surface area contributed by atoms with E-state index in [1.807, 2.05) is 30.3 Å². The van der Waals surface area contributed by atoms with Crippen LogP contribution in [0.1, 0.15) is 37.7 Å². The second kappa shape index (κ2) is 9.72. The molecular formula is C24H28N4O3S. The number of sulfonamides is 1. The molecule has 4 rings (SSSR count). The van der Waals surface area contributed by atoms with E-state index in [-0.39, 0.29) is 35.4 Å². The summed E-state index contributed by atoms with van der Waals surface area (Å²) in [6.07, 6.45) is 4.62. The molecule has 2 aromatic carbocycles. The van der Waals surface area contributed by atoms with Crippen LogP contribution >= 0.6 is 0 Å². The van der Waals surface area contributed by atoms with Gasteiger partial charge in [0.25, 0.3) is 0 Å². The van der Waals surface area contributed by atoms with E-state index >= 15 is 0 Å². The van der Waals surface area contributed by atoms with Crippen LogP contribution in [0.2, 0.25) is 0 Å². The van der Waals surface area contributed by atoms with E-state index in [9.17, 15) is 18.5 Å². The number of nitriles is 1. The van der Waals surface area contributed by atoms with E-state index in [4.69, 9.17) is 0 Å². The standard InChI is InChI=1S/C24H28N4O3S/c25-18-20-6-2-3-7-23(20)32(30,31)28-16-12-19(13-17-28)24(29)26-21-8-10-22(11-9-21)27-14-4-1-5-15-27/h2-3,6-11,19H,1,4-5,12-17H2,(H,26,29). The van der Waals surface area contributed by atoms with Crippen molar-refractivity contribution < 1.29 is 13.2 Å². The number of benzene rings is 2. The summed E-state index contributed by atoms with van der Waals surface area (Å²) in [6.45, 7) is 2.67. The maximum atomic E-state index is 13.0. The minimum absolute atomic E-state index is 0.0270. The number of piperidine rings is 2. The summed E-state index contributed by atoms with van der Waals surface area (Å²) in [5, 5.41) is 12.2. The summed E-state index contributed by atoms with van der Waals surface area (Å²) in [4.78, 5) is 15.1. The zero-order valence-electron chi connectivity index (χ0n) is 18.0. The molecule has 2 fully saturated rings. The molecule has 1 amide bonds. The average molecular weight is 453 g/mol. The van der Waals surface area contributed by atoms with Gasteiger partial charge < -0.3 is 10.2 Å². The second-order valence-electron chi connectivity index (χ2n) is 8.37. The molecule has 1 N–H and O–H groups in total. The van der Waals surface area contributed by atoms with Gasteiger partial charge in [0.15, 0.2) is 0 Å². The summed E-state index contributed by atoms with van der Waals surface area (Å²) in [6, 6.07) is 16.1. The zero-order chi connectivity index (χ0) is 22.6. The third kappa shape index (κ3) is 4.79. The highest BCUT2D eigenvalue weighted by Crippen LogP contribution is 2.27. The van der Waals surface area contributed by atoms with Crippen molar-refractivity contribution in [3.8, 4) is 6.07 Å². The SMILES string of the molecule is N#Cc1ccccc1S(=O)(=O)N1CCC(C(=O)Nc2ccc(N3CCCCC3)cc2)CC1.